The van der Waals surface area contributed by atoms with Crippen LogP contribution in [0.2, 0.25) is 0 Å². The smallest absolute Gasteiger partial charge is 0.416 e. The van der Waals surface area contributed by atoms with Gasteiger partial charge in [0.1, 0.15) is 5.75 Å². The number of nitrogens with one attached hydrogen (secondary N) is 1. The fraction of sp³-hybridized carbons (Fsp3) is 0.242. The average molecular weight is 621 g/mol. The summed E-state index contributed by atoms with van der Waals surface area (Å²) in [6, 6.07) is 18.1. The normalized spacial score (nSPS) is 13.4. The Morgan fingerprint density at radius 1 is 0.911 bits per heavy atom. The maximum absolute atomic E-state index is 13.4. The minimum Gasteiger partial charge on any atom is -0.493 e. The van der Waals surface area contributed by atoms with Gasteiger partial charge in [-0.25, -0.2) is 9.78 Å². The summed E-state index contributed by atoms with van der Waals surface area (Å²) in [5.74, 6) is 1.47. The molecule has 9 nitrogen and oxygen atoms in total. The molecule has 3 amide bonds. The number of urea groups is 1. The Morgan fingerprint density at radius 2 is 1.64 bits per heavy atom. The van der Waals surface area contributed by atoms with Crippen LogP contribution < -0.4 is 24.4 Å². The fourth-order valence-corrected chi connectivity index (χ4v) is 4.92. The molecule has 45 heavy (non-hydrogen) atoms. The number of benzene rings is 3. The van der Waals surface area contributed by atoms with E-state index in [1.54, 1.807) is 42.2 Å². The van der Waals surface area contributed by atoms with Crippen molar-refractivity contribution in [1.29, 1.82) is 0 Å². The first-order valence-electron chi connectivity index (χ1n) is 14.1. The van der Waals surface area contributed by atoms with Gasteiger partial charge in [0.15, 0.2) is 11.5 Å². The number of methoxy groups -OCH3 is 2. The summed E-state index contributed by atoms with van der Waals surface area (Å²) in [5, 5.41) is 2.60. The number of anilines is 2. The molecule has 1 aliphatic heterocycles. The molecule has 0 radical (unpaired) electrons. The van der Waals surface area contributed by atoms with Crippen LogP contribution in [-0.4, -0.2) is 49.1 Å². The molecule has 1 aromatic heterocycles. The van der Waals surface area contributed by atoms with E-state index in [9.17, 15) is 22.8 Å². The number of hydrogen-bond acceptors (Lipinski definition) is 6. The maximum Gasteiger partial charge on any atom is 0.416 e. The minimum absolute atomic E-state index is 0.0790. The molecule has 0 bridgehead atoms. The van der Waals surface area contributed by atoms with Crippen molar-refractivity contribution < 1.29 is 37.0 Å². The quantitative estimate of drug-likeness (QED) is 0.211. The van der Waals surface area contributed by atoms with Crippen molar-refractivity contribution in [2.75, 3.05) is 37.5 Å². The third kappa shape index (κ3) is 7.28. The van der Waals surface area contributed by atoms with Crippen LogP contribution in [0.4, 0.5) is 29.3 Å². The zero-order valence-corrected chi connectivity index (χ0v) is 24.9. The first-order chi connectivity index (χ1) is 21.5. The number of pyridine rings is 1. The second kappa shape index (κ2) is 13.2. The largest absolute Gasteiger partial charge is 0.493 e. The molecule has 12 heteroatoms. The summed E-state index contributed by atoms with van der Waals surface area (Å²) in [5.41, 5.74) is 2.06. The van der Waals surface area contributed by atoms with E-state index in [4.69, 9.17) is 14.2 Å². The van der Waals surface area contributed by atoms with E-state index < -0.39 is 17.6 Å². The van der Waals surface area contributed by atoms with E-state index in [-0.39, 0.29) is 17.5 Å². The molecule has 2 heterocycles. The number of aryl methyl sites for hydroxylation is 1. The van der Waals surface area contributed by atoms with Crippen LogP contribution in [0, 0.1) is 6.92 Å². The highest BCUT2D eigenvalue weighted by Gasteiger charge is 2.30. The Balaban J connectivity index is 1.20. The zero-order valence-electron chi connectivity index (χ0n) is 24.9. The molecule has 5 rings (SSSR count). The number of hydrogen-bond donors (Lipinski definition) is 1. The number of carbonyl (C=O) groups is 2. The fourth-order valence-electron chi connectivity index (χ4n) is 4.92. The van der Waals surface area contributed by atoms with Crippen molar-refractivity contribution in [3.63, 3.8) is 0 Å². The van der Waals surface area contributed by atoms with E-state index in [2.05, 4.69) is 10.3 Å². The van der Waals surface area contributed by atoms with Crippen molar-refractivity contribution in [3.05, 3.63) is 101 Å². The van der Waals surface area contributed by atoms with E-state index in [1.807, 2.05) is 37.3 Å². The lowest BCUT2D eigenvalue weighted by atomic mass is 10.1. The second-order valence-corrected chi connectivity index (χ2v) is 10.4. The van der Waals surface area contributed by atoms with Crippen molar-refractivity contribution in [3.8, 4) is 23.1 Å². The van der Waals surface area contributed by atoms with Crippen LogP contribution in [-0.2, 0) is 12.7 Å². The van der Waals surface area contributed by atoms with Crippen molar-refractivity contribution >= 4 is 23.3 Å². The van der Waals surface area contributed by atoms with E-state index in [0.717, 1.165) is 47.5 Å². The van der Waals surface area contributed by atoms with Gasteiger partial charge < -0.3 is 24.4 Å². The van der Waals surface area contributed by atoms with Crippen molar-refractivity contribution in [2.24, 2.45) is 0 Å². The number of ether oxygens (including phenoxy) is 3. The van der Waals surface area contributed by atoms with Gasteiger partial charge >= 0.3 is 12.2 Å². The molecule has 1 aliphatic rings. The average Bonchev–Trinajstić information content (AvgIpc) is 3.03. The Labute approximate surface area is 258 Å². The zero-order chi connectivity index (χ0) is 32.1. The number of rotatable bonds is 9. The van der Waals surface area contributed by atoms with Crippen LogP contribution in [0.25, 0.3) is 0 Å². The Kier molecular flexibility index (Phi) is 9.12. The maximum atomic E-state index is 13.4. The number of aromatic nitrogens is 1. The number of amides is 3. The molecule has 0 spiro atoms. The molecule has 234 valence electrons. The Hall–Kier alpha value is -5.26. The number of nitrogens with zero attached hydrogens (tertiary/aromatic N) is 3. The molecule has 0 atom stereocenters. The van der Waals surface area contributed by atoms with Crippen molar-refractivity contribution in [1.82, 2.24) is 9.88 Å². The Bertz CT molecular complexity index is 1680. The number of alkyl halides is 3. The van der Waals surface area contributed by atoms with Gasteiger partial charge in [-0.3, -0.25) is 9.69 Å². The predicted molar refractivity (Wildman–Crippen MR) is 162 cm³/mol. The highest BCUT2D eigenvalue weighted by Crippen LogP contribution is 2.32. The molecule has 3 aromatic carbocycles. The van der Waals surface area contributed by atoms with Crippen molar-refractivity contribution in [2.45, 2.75) is 26.1 Å². The SMILES string of the molecule is COc1ccc(CN2CCCN(c3ccc(Oc4ccc(NC(=O)c5ccc(C(F)(F)F)cc5)cn4)c(C)c3)C2=O)cc1OC. The summed E-state index contributed by atoms with van der Waals surface area (Å²) in [6.07, 6.45) is -2.28. The predicted octanol–water partition coefficient (Wildman–Crippen LogP) is 7.30. The van der Waals surface area contributed by atoms with Gasteiger partial charge in [0, 0.05) is 37.0 Å². The standard InChI is InChI=1S/C33H31F3N4O5/c1-21-17-26(40-16-4-15-39(32(40)42)20-22-5-12-28(43-2)29(18-22)44-3)11-13-27(21)45-30-14-10-25(19-37-30)38-31(41)23-6-8-24(9-7-23)33(34,35)36/h5-14,17-19H,4,15-16,20H2,1-3H3,(H,38,41). The lowest BCUT2D eigenvalue weighted by Gasteiger charge is -2.36. The van der Waals surface area contributed by atoms with E-state index >= 15 is 0 Å². The molecule has 1 saturated heterocycles. The van der Waals surface area contributed by atoms with Gasteiger partial charge in [-0.1, -0.05) is 6.07 Å². The first-order valence-corrected chi connectivity index (χ1v) is 14.1. The monoisotopic (exact) mass is 620 g/mol. The summed E-state index contributed by atoms with van der Waals surface area (Å²) in [6.45, 7) is 3.52. The molecule has 1 N–H and O–H groups in total. The van der Waals surface area contributed by atoms with Gasteiger partial charge in [-0.15, -0.1) is 0 Å². The number of halogens is 3. The third-order valence-electron chi connectivity index (χ3n) is 7.29. The van der Waals surface area contributed by atoms with Gasteiger partial charge in [0.25, 0.3) is 5.91 Å². The third-order valence-corrected chi connectivity index (χ3v) is 7.29. The van der Waals surface area contributed by atoms with Crippen LogP contribution in [0.5, 0.6) is 23.1 Å². The van der Waals surface area contributed by atoms with Crippen LogP contribution in [0.1, 0.15) is 33.5 Å². The van der Waals surface area contributed by atoms with Gasteiger partial charge in [-0.05, 0) is 85.1 Å². The summed E-state index contributed by atoms with van der Waals surface area (Å²) in [7, 11) is 3.15. The molecule has 0 saturated carbocycles. The van der Waals surface area contributed by atoms with E-state index in [1.165, 1.54) is 6.20 Å². The van der Waals surface area contributed by atoms with Gasteiger partial charge in [0.2, 0.25) is 5.88 Å². The molecular weight excluding hydrogens is 589 g/mol. The molecule has 4 aromatic rings. The summed E-state index contributed by atoms with van der Waals surface area (Å²) >= 11 is 0. The van der Waals surface area contributed by atoms with Crippen LogP contribution in [0.3, 0.4) is 0 Å². The van der Waals surface area contributed by atoms with Gasteiger partial charge in [0.05, 0.1) is 31.7 Å². The number of carbonyl (C=O) groups excluding carboxylic acids is 2. The molecule has 0 unspecified atom stereocenters. The topological polar surface area (TPSA) is 93.2 Å². The molecule has 0 aliphatic carbocycles. The lowest BCUT2D eigenvalue weighted by molar-refractivity contribution is -0.137. The Morgan fingerprint density at radius 3 is 2.29 bits per heavy atom. The van der Waals surface area contributed by atoms with Crippen LogP contribution in [0.15, 0.2) is 79.0 Å². The van der Waals surface area contributed by atoms with Gasteiger partial charge in [-0.2, -0.15) is 13.2 Å². The second-order valence-electron chi connectivity index (χ2n) is 10.4. The summed E-state index contributed by atoms with van der Waals surface area (Å²) in [4.78, 5) is 33.7. The molecular formula is C33H31F3N4O5. The summed E-state index contributed by atoms with van der Waals surface area (Å²) < 4.78 is 55.0. The minimum atomic E-state index is -4.48. The first kappa shape index (κ1) is 31.2. The lowest BCUT2D eigenvalue weighted by Crippen LogP contribution is -2.49. The van der Waals surface area contributed by atoms with Crippen LogP contribution >= 0.6 is 0 Å². The van der Waals surface area contributed by atoms with E-state index in [0.29, 0.717) is 42.6 Å². The highest BCUT2D eigenvalue weighted by molar-refractivity contribution is 6.04. The highest BCUT2D eigenvalue weighted by atomic mass is 19.4. The molecule has 1 fully saturated rings.